The molecule has 11 heteroatoms. The highest BCUT2D eigenvalue weighted by Gasteiger charge is 2.39. The number of hydrogen-bond donors (Lipinski definition) is 3. The number of anilines is 2. The summed E-state index contributed by atoms with van der Waals surface area (Å²) in [5, 5.41) is 16.6. The number of nitrogens with zero attached hydrogens (tertiary/aromatic N) is 2. The Bertz CT molecular complexity index is 1160. The van der Waals surface area contributed by atoms with Crippen LogP contribution in [0.25, 0.3) is 11.4 Å². The quantitative estimate of drug-likeness (QED) is 0.474. The number of H-pyrrole nitrogens is 1. The summed E-state index contributed by atoms with van der Waals surface area (Å²) in [6, 6.07) is 13.8. The molecule has 2 atom stereocenters. The zero-order chi connectivity index (χ0) is 22.7. The van der Waals surface area contributed by atoms with E-state index in [1.54, 1.807) is 36.0 Å². The standard InChI is InChI=1S/C21H20N4O6S/c1-32-15-8-6-14(7-9-15)25-10-11-30-17(20(25)28)16(26)19(27)22-13-4-2-12(3-5-13)18-23-21(29)31-24-18/h2-9,16-17,26H,10-11H2,1H3,(H,22,27)(H,23,24,29). The summed E-state index contributed by atoms with van der Waals surface area (Å²) in [5.74, 6) is -1.68. The highest BCUT2D eigenvalue weighted by Crippen LogP contribution is 2.24. The second-order valence-electron chi connectivity index (χ2n) is 6.93. The molecule has 2 amide bonds. The van der Waals surface area contributed by atoms with Crippen LogP contribution in [0.4, 0.5) is 11.4 Å². The minimum absolute atomic E-state index is 0.190. The van der Waals surface area contributed by atoms with Crippen LogP contribution in [0.15, 0.2) is 62.7 Å². The SMILES string of the molecule is CSc1ccc(N2CCOC(C(O)C(=O)Nc3ccc(-c4noc(=O)[nH]4)cc3)C2=O)cc1. The first-order valence-electron chi connectivity index (χ1n) is 9.68. The van der Waals surface area contributed by atoms with E-state index in [9.17, 15) is 19.5 Å². The number of nitrogens with one attached hydrogen (secondary N) is 2. The molecule has 1 saturated heterocycles. The summed E-state index contributed by atoms with van der Waals surface area (Å²) in [6.45, 7) is 0.517. The van der Waals surface area contributed by atoms with Gasteiger partial charge in [-0.1, -0.05) is 5.16 Å². The first-order chi connectivity index (χ1) is 15.5. The van der Waals surface area contributed by atoms with E-state index in [0.29, 0.717) is 23.5 Å². The molecule has 0 saturated carbocycles. The van der Waals surface area contributed by atoms with Crippen molar-refractivity contribution in [1.29, 1.82) is 0 Å². The van der Waals surface area contributed by atoms with Crippen LogP contribution in [0.2, 0.25) is 0 Å². The molecule has 1 fully saturated rings. The molecule has 0 bridgehead atoms. The summed E-state index contributed by atoms with van der Waals surface area (Å²) >= 11 is 1.59. The van der Waals surface area contributed by atoms with Gasteiger partial charge in [-0.05, 0) is 54.8 Å². The van der Waals surface area contributed by atoms with Crippen LogP contribution in [0, 0.1) is 0 Å². The fraction of sp³-hybridized carbons (Fsp3) is 0.238. The largest absolute Gasteiger partial charge is 0.439 e. The third-order valence-electron chi connectivity index (χ3n) is 4.93. The van der Waals surface area contributed by atoms with Gasteiger partial charge in [-0.25, -0.2) is 4.79 Å². The molecule has 1 aliphatic heterocycles. The second kappa shape index (κ2) is 9.39. The number of morpholine rings is 1. The summed E-state index contributed by atoms with van der Waals surface area (Å²) in [7, 11) is 0. The zero-order valence-electron chi connectivity index (χ0n) is 17.0. The van der Waals surface area contributed by atoms with Crippen molar-refractivity contribution in [3.8, 4) is 11.4 Å². The number of benzene rings is 2. The lowest BCUT2D eigenvalue weighted by molar-refractivity contribution is -0.150. The number of amides is 2. The molecule has 3 aromatic rings. The maximum Gasteiger partial charge on any atom is 0.439 e. The molecule has 10 nitrogen and oxygen atoms in total. The lowest BCUT2D eigenvalue weighted by Gasteiger charge is -2.34. The molecule has 1 aliphatic rings. The highest BCUT2D eigenvalue weighted by atomic mass is 32.2. The Morgan fingerprint density at radius 2 is 1.94 bits per heavy atom. The zero-order valence-corrected chi connectivity index (χ0v) is 17.8. The summed E-state index contributed by atoms with van der Waals surface area (Å²) in [6.07, 6.45) is -1.05. The van der Waals surface area contributed by atoms with Crippen molar-refractivity contribution in [2.45, 2.75) is 17.1 Å². The van der Waals surface area contributed by atoms with E-state index < -0.39 is 29.8 Å². The predicted octanol–water partition coefficient (Wildman–Crippen LogP) is 1.48. The number of thioether (sulfide) groups is 1. The van der Waals surface area contributed by atoms with Gasteiger partial charge in [0.15, 0.2) is 18.0 Å². The molecule has 2 aromatic carbocycles. The smallest absolute Gasteiger partial charge is 0.380 e. The number of aromatic amines is 1. The van der Waals surface area contributed by atoms with Gasteiger partial charge in [-0.3, -0.25) is 19.1 Å². The molecule has 0 aliphatic carbocycles. The normalized spacial score (nSPS) is 17.2. The van der Waals surface area contributed by atoms with Crippen molar-refractivity contribution < 1.29 is 24.0 Å². The van der Waals surface area contributed by atoms with Crippen LogP contribution < -0.4 is 16.0 Å². The van der Waals surface area contributed by atoms with Crippen LogP contribution in [0.5, 0.6) is 0 Å². The van der Waals surface area contributed by atoms with Gasteiger partial charge < -0.3 is 20.1 Å². The average Bonchev–Trinajstić information content (AvgIpc) is 3.25. The number of aliphatic hydroxyl groups is 1. The van der Waals surface area contributed by atoms with Crippen molar-refractivity contribution in [3.63, 3.8) is 0 Å². The number of hydrogen-bond acceptors (Lipinski definition) is 8. The lowest BCUT2D eigenvalue weighted by atomic mass is 10.1. The van der Waals surface area contributed by atoms with Crippen molar-refractivity contribution in [2.75, 3.05) is 29.6 Å². The maximum absolute atomic E-state index is 12.9. The van der Waals surface area contributed by atoms with Crippen LogP contribution in [0.3, 0.4) is 0 Å². The van der Waals surface area contributed by atoms with E-state index in [-0.39, 0.29) is 12.4 Å². The van der Waals surface area contributed by atoms with E-state index in [1.165, 1.54) is 4.90 Å². The Hall–Kier alpha value is -3.41. The second-order valence-corrected chi connectivity index (χ2v) is 7.81. The first kappa shape index (κ1) is 21.8. The molecule has 2 unspecified atom stereocenters. The van der Waals surface area contributed by atoms with E-state index in [1.807, 2.05) is 30.5 Å². The van der Waals surface area contributed by atoms with Crippen LogP contribution in [0.1, 0.15) is 0 Å². The minimum atomic E-state index is -1.69. The van der Waals surface area contributed by atoms with Crippen molar-refractivity contribution >= 4 is 35.0 Å². The molecule has 4 rings (SSSR count). The van der Waals surface area contributed by atoms with E-state index in [0.717, 1.165) is 4.90 Å². The van der Waals surface area contributed by atoms with Gasteiger partial charge in [-0.15, -0.1) is 11.8 Å². The highest BCUT2D eigenvalue weighted by molar-refractivity contribution is 7.98. The molecule has 166 valence electrons. The van der Waals surface area contributed by atoms with Crippen LogP contribution >= 0.6 is 11.8 Å². The Balaban J connectivity index is 1.42. The number of carbonyl (C=O) groups excluding carboxylic acids is 2. The Morgan fingerprint density at radius 3 is 2.56 bits per heavy atom. The number of rotatable bonds is 6. The topological polar surface area (TPSA) is 138 Å². The Morgan fingerprint density at radius 1 is 1.22 bits per heavy atom. The third kappa shape index (κ3) is 4.59. The number of ether oxygens (including phenoxy) is 1. The molecule has 2 heterocycles. The Labute approximate surface area is 186 Å². The number of aromatic nitrogens is 2. The summed E-state index contributed by atoms with van der Waals surface area (Å²) < 4.78 is 9.89. The van der Waals surface area contributed by atoms with Crippen molar-refractivity contribution in [1.82, 2.24) is 10.1 Å². The van der Waals surface area contributed by atoms with Gasteiger partial charge >= 0.3 is 5.76 Å². The monoisotopic (exact) mass is 456 g/mol. The number of carbonyl (C=O) groups is 2. The van der Waals surface area contributed by atoms with Gasteiger partial charge in [0.05, 0.1) is 6.61 Å². The molecular weight excluding hydrogens is 436 g/mol. The maximum atomic E-state index is 12.9. The molecule has 0 radical (unpaired) electrons. The molecule has 32 heavy (non-hydrogen) atoms. The molecular formula is C21H20N4O6S. The van der Waals surface area contributed by atoms with Gasteiger partial charge in [0.2, 0.25) is 0 Å². The average molecular weight is 456 g/mol. The predicted molar refractivity (Wildman–Crippen MR) is 118 cm³/mol. The molecule has 1 aromatic heterocycles. The van der Waals surface area contributed by atoms with Crippen LogP contribution in [-0.2, 0) is 14.3 Å². The van der Waals surface area contributed by atoms with Crippen LogP contribution in [-0.4, -0.2) is 58.7 Å². The third-order valence-corrected chi connectivity index (χ3v) is 5.67. The van der Waals surface area contributed by atoms with Gasteiger partial charge in [0.25, 0.3) is 11.8 Å². The summed E-state index contributed by atoms with van der Waals surface area (Å²) in [5.41, 5.74) is 1.63. The van der Waals surface area contributed by atoms with Gasteiger partial charge in [0.1, 0.15) is 0 Å². The van der Waals surface area contributed by atoms with E-state index >= 15 is 0 Å². The Kier molecular flexibility index (Phi) is 6.40. The van der Waals surface area contributed by atoms with Gasteiger partial charge in [0, 0.05) is 28.4 Å². The molecule has 0 spiro atoms. The summed E-state index contributed by atoms with van der Waals surface area (Å²) in [4.78, 5) is 41.5. The first-order valence-corrected chi connectivity index (χ1v) is 10.9. The minimum Gasteiger partial charge on any atom is -0.380 e. The molecule has 3 N–H and O–H groups in total. The van der Waals surface area contributed by atoms with Crippen molar-refractivity contribution in [3.05, 3.63) is 59.1 Å². The number of aliphatic hydroxyl groups excluding tert-OH is 1. The fourth-order valence-corrected chi connectivity index (χ4v) is 3.68. The lowest BCUT2D eigenvalue weighted by Crippen LogP contribution is -2.55. The van der Waals surface area contributed by atoms with E-state index in [2.05, 4.69) is 20.0 Å². The fourth-order valence-electron chi connectivity index (χ4n) is 3.27. The van der Waals surface area contributed by atoms with Crippen molar-refractivity contribution in [2.24, 2.45) is 0 Å². The van der Waals surface area contributed by atoms with E-state index in [4.69, 9.17) is 4.74 Å². The van der Waals surface area contributed by atoms with Gasteiger partial charge in [-0.2, -0.15) is 0 Å².